The van der Waals surface area contributed by atoms with E-state index in [9.17, 15) is 9.59 Å². The average molecular weight is 421 g/mol. The first-order valence-corrected chi connectivity index (χ1v) is 10.8. The Labute approximate surface area is 162 Å². The zero-order chi connectivity index (χ0) is 19.0. The van der Waals surface area contributed by atoms with Crippen LogP contribution in [0.4, 0.5) is 4.79 Å². The van der Waals surface area contributed by atoms with E-state index in [1.807, 2.05) is 20.8 Å². The van der Waals surface area contributed by atoms with Gasteiger partial charge in [0, 0.05) is 24.8 Å². The molecule has 0 heterocycles. The van der Waals surface area contributed by atoms with Gasteiger partial charge in [-0.25, -0.2) is 4.79 Å². The zero-order valence-corrected chi connectivity index (χ0v) is 17.9. The first-order chi connectivity index (χ1) is 11.8. The maximum absolute atomic E-state index is 11.7. The summed E-state index contributed by atoms with van der Waals surface area (Å²) in [7, 11) is 0. The molecule has 0 aromatic carbocycles. The number of hydrogen-bond donors (Lipinski definition) is 2. The third kappa shape index (κ3) is 19.4. The lowest BCUT2D eigenvalue weighted by Crippen LogP contribution is -2.37. The van der Waals surface area contributed by atoms with E-state index in [-0.39, 0.29) is 5.91 Å². The lowest BCUT2D eigenvalue weighted by atomic mass is 10.1. The molecule has 2 N–H and O–H groups in total. The fourth-order valence-electron chi connectivity index (χ4n) is 2.39. The minimum absolute atomic E-state index is 0.0563. The summed E-state index contributed by atoms with van der Waals surface area (Å²) in [6.07, 6.45) is 11.2. The molecule has 0 fully saturated rings. The largest absolute Gasteiger partial charge is 0.444 e. The van der Waals surface area contributed by atoms with Gasteiger partial charge in [0.15, 0.2) is 0 Å². The molecule has 5 nitrogen and oxygen atoms in total. The molecule has 2 amide bonds. The molecule has 0 spiro atoms. The third-order valence-corrected chi connectivity index (χ3v) is 4.21. The minimum Gasteiger partial charge on any atom is -0.444 e. The van der Waals surface area contributed by atoms with Gasteiger partial charge in [0.05, 0.1) is 0 Å². The number of alkyl halides is 1. The van der Waals surface area contributed by atoms with Gasteiger partial charge in [0.25, 0.3) is 0 Å². The summed E-state index contributed by atoms with van der Waals surface area (Å²) in [6.45, 7) is 6.28. The van der Waals surface area contributed by atoms with Crippen LogP contribution in [-0.2, 0) is 9.53 Å². The normalized spacial score (nSPS) is 11.2. The summed E-state index contributed by atoms with van der Waals surface area (Å²) in [4.78, 5) is 23.1. The molecule has 0 rings (SSSR count). The molecule has 0 unspecified atom stereocenters. The quantitative estimate of drug-likeness (QED) is 0.309. The molecule has 0 atom stereocenters. The maximum atomic E-state index is 11.7. The van der Waals surface area contributed by atoms with Gasteiger partial charge in [-0.05, 0) is 33.6 Å². The predicted octanol–water partition coefficient (Wildman–Crippen LogP) is 4.92. The number of carbonyl (C=O) groups excluding carboxylic acids is 2. The van der Waals surface area contributed by atoms with E-state index >= 15 is 0 Å². The number of nitrogens with one attached hydrogen (secondary N) is 2. The van der Waals surface area contributed by atoms with Crippen molar-refractivity contribution >= 4 is 27.9 Å². The van der Waals surface area contributed by atoms with Crippen LogP contribution in [0.25, 0.3) is 0 Å². The van der Waals surface area contributed by atoms with Gasteiger partial charge in [-0.15, -0.1) is 0 Å². The van der Waals surface area contributed by atoms with E-state index in [0.29, 0.717) is 19.5 Å². The first kappa shape index (κ1) is 24.2. The molecule has 0 aromatic rings. The van der Waals surface area contributed by atoms with Crippen LogP contribution >= 0.6 is 15.9 Å². The van der Waals surface area contributed by atoms with Crippen LogP contribution in [0.1, 0.15) is 85.0 Å². The Morgan fingerprint density at radius 1 is 0.800 bits per heavy atom. The molecule has 0 radical (unpaired) electrons. The number of amides is 2. The second kappa shape index (κ2) is 15.5. The smallest absolute Gasteiger partial charge is 0.407 e. The number of rotatable bonds is 14. The van der Waals surface area contributed by atoms with Crippen LogP contribution < -0.4 is 10.6 Å². The molecule has 0 aromatic heterocycles. The Hall–Kier alpha value is -0.780. The SMILES string of the molecule is CC(C)(C)OC(=O)NCCNC(=O)CCCCCCCCCCCBr. The fourth-order valence-corrected chi connectivity index (χ4v) is 2.78. The van der Waals surface area contributed by atoms with E-state index in [0.717, 1.165) is 18.2 Å². The summed E-state index contributed by atoms with van der Waals surface area (Å²) in [5.74, 6) is 0.0563. The summed E-state index contributed by atoms with van der Waals surface area (Å²) in [6, 6.07) is 0. The number of halogens is 1. The monoisotopic (exact) mass is 420 g/mol. The molecule has 0 saturated heterocycles. The highest BCUT2D eigenvalue weighted by atomic mass is 79.9. The topological polar surface area (TPSA) is 67.4 Å². The van der Waals surface area contributed by atoms with Crippen molar-refractivity contribution in [1.29, 1.82) is 0 Å². The molecule has 25 heavy (non-hydrogen) atoms. The Balaban J connectivity index is 3.35. The van der Waals surface area contributed by atoms with Crippen molar-refractivity contribution in [3.05, 3.63) is 0 Å². The van der Waals surface area contributed by atoms with Gasteiger partial charge in [-0.2, -0.15) is 0 Å². The molecule has 148 valence electrons. The van der Waals surface area contributed by atoms with Crippen molar-refractivity contribution in [2.45, 2.75) is 90.6 Å². The van der Waals surface area contributed by atoms with Crippen LogP contribution in [0, 0.1) is 0 Å². The Bertz CT molecular complexity index is 357. The van der Waals surface area contributed by atoms with E-state index in [1.54, 1.807) is 0 Å². The molecule has 0 saturated carbocycles. The highest BCUT2D eigenvalue weighted by molar-refractivity contribution is 9.09. The van der Waals surface area contributed by atoms with Crippen LogP contribution in [0.5, 0.6) is 0 Å². The summed E-state index contributed by atoms with van der Waals surface area (Å²) < 4.78 is 5.12. The number of carbonyl (C=O) groups is 2. The van der Waals surface area contributed by atoms with E-state index < -0.39 is 11.7 Å². The lowest BCUT2D eigenvalue weighted by molar-refractivity contribution is -0.121. The summed E-state index contributed by atoms with van der Waals surface area (Å²) in [5.41, 5.74) is -0.499. The van der Waals surface area contributed by atoms with Gasteiger partial charge >= 0.3 is 6.09 Å². The van der Waals surface area contributed by atoms with Crippen LogP contribution in [-0.4, -0.2) is 36.0 Å². The zero-order valence-electron chi connectivity index (χ0n) is 16.3. The van der Waals surface area contributed by atoms with Crippen molar-refractivity contribution in [3.8, 4) is 0 Å². The number of hydrogen-bond acceptors (Lipinski definition) is 3. The van der Waals surface area contributed by atoms with Crippen LogP contribution in [0.3, 0.4) is 0 Å². The Morgan fingerprint density at radius 3 is 1.80 bits per heavy atom. The number of ether oxygens (including phenoxy) is 1. The summed E-state index contributed by atoms with van der Waals surface area (Å²) in [5, 5.41) is 6.56. The predicted molar refractivity (Wildman–Crippen MR) is 107 cm³/mol. The third-order valence-electron chi connectivity index (χ3n) is 3.65. The highest BCUT2D eigenvalue weighted by Gasteiger charge is 2.15. The molecule has 0 aliphatic carbocycles. The average Bonchev–Trinajstić information content (AvgIpc) is 2.51. The van der Waals surface area contributed by atoms with Gasteiger partial charge in [0.1, 0.15) is 5.60 Å². The Kier molecular flexibility index (Phi) is 15.0. The van der Waals surface area contributed by atoms with E-state index in [2.05, 4.69) is 26.6 Å². The van der Waals surface area contributed by atoms with Crippen molar-refractivity contribution in [3.63, 3.8) is 0 Å². The number of alkyl carbamates (subject to hydrolysis) is 1. The van der Waals surface area contributed by atoms with Gasteiger partial charge in [-0.3, -0.25) is 4.79 Å². The molecule has 6 heteroatoms. The second-order valence-electron chi connectivity index (χ2n) is 7.40. The molecular formula is C19H37BrN2O3. The van der Waals surface area contributed by atoms with Crippen molar-refractivity contribution in [2.24, 2.45) is 0 Å². The number of unbranched alkanes of at least 4 members (excludes halogenated alkanes) is 8. The maximum Gasteiger partial charge on any atom is 0.407 e. The van der Waals surface area contributed by atoms with Gasteiger partial charge in [-0.1, -0.05) is 60.9 Å². The van der Waals surface area contributed by atoms with Crippen LogP contribution in [0.2, 0.25) is 0 Å². The lowest BCUT2D eigenvalue weighted by Gasteiger charge is -2.19. The standard InChI is InChI=1S/C19H37BrN2O3/c1-19(2,3)25-18(24)22-16-15-21-17(23)13-11-9-7-5-4-6-8-10-12-14-20/h4-16H2,1-3H3,(H,21,23)(H,22,24). The van der Waals surface area contributed by atoms with E-state index in [4.69, 9.17) is 4.74 Å². The van der Waals surface area contributed by atoms with Gasteiger partial charge in [0.2, 0.25) is 5.91 Å². The van der Waals surface area contributed by atoms with Crippen molar-refractivity contribution < 1.29 is 14.3 Å². The first-order valence-electron chi connectivity index (χ1n) is 9.64. The highest BCUT2D eigenvalue weighted by Crippen LogP contribution is 2.11. The molecule has 0 bridgehead atoms. The molecule has 0 aliphatic rings. The Morgan fingerprint density at radius 2 is 1.28 bits per heavy atom. The summed E-state index contributed by atoms with van der Waals surface area (Å²) >= 11 is 3.45. The molecule has 0 aliphatic heterocycles. The van der Waals surface area contributed by atoms with Crippen molar-refractivity contribution in [2.75, 3.05) is 18.4 Å². The minimum atomic E-state index is -0.499. The fraction of sp³-hybridized carbons (Fsp3) is 0.895. The van der Waals surface area contributed by atoms with Crippen LogP contribution in [0.15, 0.2) is 0 Å². The van der Waals surface area contributed by atoms with Gasteiger partial charge < -0.3 is 15.4 Å². The second-order valence-corrected chi connectivity index (χ2v) is 8.19. The van der Waals surface area contributed by atoms with E-state index in [1.165, 1.54) is 44.9 Å². The van der Waals surface area contributed by atoms with Crippen molar-refractivity contribution in [1.82, 2.24) is 10.6 Å². The molecular weight excluding hydrogens is 384 g/mol.